The minimum Gasteiger partial charge on any atom is -0.382 e. The maximum atomic E-state index is 13.6. The van der Waals surface area contributed by atoms with Crippen molar-refractivity contribution in [3.63, 3.8) is 0 Å². The normalized spacial score (nSPS) is 19.0. The van der Waals surface area contributed by atoms with Gasteiger partial charge in [-0.1, -0.05) is 57.6 Å². The molecule has 1 fully saturated rings. The van der Waals surface area contributed by atoms with Crippen LogP contribution in [0, 0.1) is 0 Å². The fourth-order valence-corrected chi connectivity index (χ4v) is 4.85. The topological polar surface area (TPSA) is 24.8 Å². The van der Waals surface area contributed by atoms with Crippen molar-refractivity contribution in [1.29, 1.82) is 0 Å². The highest BCUT2D eigenvalue weighted by Gasteiger charge is 2.41. The minimum atomic E-state index is -4.39. The quantitative estimate of drug-likeness (QED) is 0.126. The number of allylic oxidation sites excluding steroid dienone is 2. The Bertz CT molecular complexity index is 512. The van der Waals surface area contributed by atoms with E-state index in [4.69, 9.17) is 4.74 Å². The molecule has 2 atom stereocenters. The highest BCUT2D eigenvalue weighted by Crippen LogP contribution is 2.29. The number of hydrazone groups is 1. The van der Waals surface area contributed by atoms with E-state index in [-0.39, 0.29) is 6.04 Å². The molecular formula is C24H43F3N2OS. The van der Waals surface area contributed by atoms with Gasteiger partial charge in [0.2, 0.25) is 0 Å². The Morgan fingerprint density at radius 2 is 1.74 bits per heavy atom. The molecule has 3 nitrogen and oxygen atoms in total. The van der Waals surface area contributed by atoms with Gasteiger partial charge in [-0.2, -0.15) is 30.0 Å². The summed E-state index contributed by atoms with van der Waals surface area (Å²) in [5.41, 5.74) is -0.660. The summed E-state index contributed by atoms with van der Waals surface area (Å²) in [6.45, 7) is 4.83. The number of methoxy groups -OCH3 is 1. The number of rotatable bonds is 17. The lowest BCUT2D eigenvalue weighted by Gasteiger charge is -2.25. The molecule has 0 spiro atoms. The van der Waals surface area contributed by atoms with Crippen LogP contribution < -0.4 is 0 Å². The summed E-state index contributed by atoms with van der Waals surface area (Å²) in [4.78, 5) is 0. The summed E-state index contributed by atoms with van der Waals surface area (Å²) in [5.74, 6) is 0.748. The Labute approximate surface area is 192 Å². The van der Waals surface area contributed by atoms with Crippen molar-refractivity contribution >= 4 is 17.5 Å². The maximum Gasteiger partial charge on any atom is 0.432 e. The summed E-state index contributed by atoms with van der Waals surface area (Å²) in [5, 5.41) is 4.98. The van der Waals surface area contributed by atoms with Gasteiger partial charge in [0.1, 0.15) is 0 Å². The molecule has 1 saturated heterocycles. The Kier molecular flexibility index (Phi) is 15.4. The summed E-state index contributed by atoms with van der Waals surface area (Å²) in [6.07, 6.45) is 13.7. The van der Waals surface area contributed by atoms with Gasteiger partial charge in [-0.25, -0.2) is 0 Å². The number of hydrogen-bond acceptors (Lipinski definition) is 4. The van der Waals surface area contributed by atoms with Gasteiger partial charge in [0.15, 0.2) is 5.71 Å². The Morgan fingerprint density at radius 3 is 2.39 bits per heavy atom. The molecule has 182 valence electrons. The first kappa shape index (κ1) is 28.3. The lowest BCUT2D eigenvalue weighted by Crippen LogP contribution is -2.37. The molecule has 1 heterocycles. The second-order valence-electron chi connectivity index (χ2n) is 8.43. The maximum absolute atomic E-state index is 13.6. The molecule has 0 aliphatic carbocycles. The third-order valence-corrected chi connectivity index (χ3v) is 6.89. The number of ether oxygens (including phenoxy) is 1. The van der Waals surface area contributed by atoms with Gasteiger partial charge in [0.25, 0.3) is 0 Å². The number of nitrogens with zero attached hydrogens (tertiary/aromatic N) is 2. The van der Waals surface area contributed by atoms with Gasteiger partial charge >= 0.3 is 6.18 Å². The molecule has 0 unspecified atom stereocenters. The number of unbranched alkanes of at least 4 members (excludes halogenated alkanes) is 8. The van der Waals surface area contributed by atoms with Crippen molar-refractivity contribution in [3.8, 4) is 0 Å². The van der Waals surface area contributed by atoms with Gasteiger partial charge < -0.3 is 4.74 Å². The van der Waals surface area contributed by atoms with Gasteiger partial charge in [-0.15, -0.1) is 0 Å². The molecule has 0 aromatic heterocycles. The number of thioether (sulfide) groups is 1. The smallest absolute Gasteiger partial charge is 0.382 e. The van der Waals surface area contributed by atoms with E-state index in [1.165, 1.54) is 63.1 Å². The van der Waals surface area contributed by atoms with Gasteiger partial charge in [-0.3, -0.25) is 5.01 Å². The zero-order valence-electron chi connectivity index (χ0n) is 19.8. The van der Waals surface area contributed by atoms with Crippen molar-refractivity contribution in [2.24, 2.45) is 5.10 Å². The van der Waals surface area contributed by atoms with Crippen molar-refractivity contribution in [2.45, 2.75) is 108 Å². The summed E-state index contributed by atoms with van der Waals surface area (Å²) in [6, 6.07) is -0.0496. The third kappa shape index (κ3) is 12.8. The summed E-state index contributed by atoms with van der Waals surface area (Å²) in [7, 11) is 1.58. The molecule has 0 aromatic rings. The van der Waals surface area contributed by atoms with E-state index in [1.807, 2.05) is 0 Å². The highest BCUT2D eigenvalue weighted by molar-refractivity contribution is 8.00. The van der Waals surface area contributed by atoms with Gasteiger partial charge in [-0.05, 0) is 51.2 Å². The fraction of sp³-hybridized carbons (Fsp3) is 0.875. The predicted molar refractivity (Wildman–Crippen MR) is 128 cm³/mol. The van der Waals surface area contributed by atoms with Crippen LogP contribution in [0.15, 0.2) is 17.3 Å². The van der Waals surface area contributed by atoms with Gasteiger partial charge in [0, 0.05) is 13.7 Å². The predicted octanol–water partition coefficient (Wildman–Crippen LogP) is 7.61. The van der Waals surface area contributed by atoms with Crippen LogP contribution in [-0.2, 0) is 4.74 Å². The number of alkyl halides is 3. The number of hydrogen-bond donors (Lipinski definition) is 0. The molecule has 1 aliphatic rings. The fourth-order valence-electron chi connectivity index (χ4n) is 3.79. The van der Waals surface area contributed by atoms with Crippen LogP contribution in [-0.4, -0.2) is 54.2 Å². The molecule has 7 heteroatoms. The molecule has 1 aliphatic heterocycles. The molecule has 0 bridgehead atoms. The number of halogens is 3. The molecule has 0 amide bonds. The van der Waals surface area contributed by atoms with Crippen molar-refractivity contribution in [2.75, 3.05) is 26.0 Å². The Hall–Kier alpha value is -0.690. The first-order valence-electron chi connectivity index (χ1n) is 12.1. The van der Waals surface area contributed by atoms with E-state index in [0.29, 0.717) is 13.2 Å². The van der Waals surface area contributed by atoms with Crippen molar-refractivity contribution < 1.29 is 17.9 Å². The van der Waals surface area contributed by atoms with E-state index >= 15 is 0 Å². The minimum absolute atomic E-state index is 0.0496. The van der Waals surface area contributed by atoms with Crippen LogP contribution in [0.3, 0.4) is 0 Å². The highest BCUT2D eigenvalue weighted by atomic mass is 32.2. The molecule has 0 radical (unpaired) electrons. The first-order valence-corrected chi connectivity index (χ1v) is 13.1. The Morgan fingerprint density at radius 1 is 1.10 bits per heavy atom. The second kappa shape index (κ2) is 16.9. The summed E-state index contributed by atoms with van der Waals surface area (Å²) < 4.78 is 45.9. The summed E-state index contributed by atoms with van der Waals surface area (Å²) >= 11 is 1.37. The van der Waals surface area contributed by atoms with Gasteiger partial charge in [0.05, 0.1) is 17.9 Å². The SMILES string of the molecule is CCCC/C=C\CCCCCCCCS[C@@H](C)/C(=N/N1CCC[C@@H]1COC)C(F)(F)F. The molecular weight excluding hydrogens is 421 g/mol. The van der Waals surface area contributed by atoms with Crippen LogP contribution in [0.4, 0.5) is 13.2 Å². The van der Waals surface area contributed by atoms with Crippen LogP contribution in [0.1, 0.15) is 90.9 Å². The molecule has 1 rings (SSSR count). The van der Waals surface area contributed by atoms with E-state index in [1.54, 1.807) is 19.0 Å². The standard InChI is InChI=1S/C24H43F3N2OS/c1-4-5-6-7-8-9-10-11-12-13-14-15-19-31-21(2)23(24(25,26)27)28-29-18-16-17-22(29)20-30-3/h7-8,21-22H,4-6,9-20H2,1-3H3/b8-7-,28-23-/t21-,22+/m0/s1. The molecule has 0 N–H and O–H groups in total. The Balaban J connectivity index is 2.24. The molecule has 31 heavy (non-hydrogen) atoms. The van der Waals surface area contributed by atoms with Crippen LogP contribution in [0.25, 0.3) is 0 Å². The average molecular weight is 465 g/mol. The lowest BCUT2D eigenvalue weighted by molar-refractivity contribution is -0.0618. The van der Waals surface area contributed by atoms with Crippen molar-refractivity contribution in [3.05, 3.63) is 12.2 Å². The largest absolute Gasteiger partial charge is 0.432 e. The van der Waals surface area contributed by atoms with Crippen molar-refractivity contribution in [1.82, 2.24) is 5.01 Å². The second-order valence-corrected chi connectivity index (χ2v) is 9.88. The van der Waals surface area contributed by atoms with Crippen LogP contribution in [0.2, 0.25) is 0 Å². The van der Waals surface area contributed by atoms with E-state index in [9.17, 15) is 13.2 Å². The van der Waals surface area contributed by atoms with Crippen LogP contribution >= 0.6 is 11.8 Å². The average Bonchev–Trinajstić information content (AvgIpc) is 3.16. The molecule has 0 saturated carbocycles. The lowest BCUT2D eigenvalue weighted by atomic mass is 10.1. The van der Waals surface area contributed by atoms with E-state index in [0.717, 1.165) is 31.4 Å². The zero-order valence-corrected chi connectivity index (χ0v) is 20.6. The zero-order chi connectivity index (χ0) is 23.0. The van der Waals surface area contributed by atoms with Crippen LogP contribution in [0.5, 0.6) is 0 Å². The molecule has 0 aromatic carbocycles. The van der Waals surface area contributed by atoms with E-state index < -0.39 is 17.1 Å². The monoisotopic (exact) mass is 464 g/mol. The third-order valence-electron chi connectivity index (χ3n) is 5.64. The first-order chi connectivity index (χ1) is 14.9. The van der Waals surface area contributed by atoms with E-state index in [2.05, 4.69) is 24.2 Å².